The Morgan fingerprint density at radius 2 is 2.03 bits per heavy atom. The van der Waals surface area contributed by atoms with Crippen molar-refractivity contribution in [1.82, 2.24) is 30.1 Å². The second kappa shape index (κ2) is 12.3. The molecule has 0 radical (unpaired) electrons. The fraction of sp³-hybridized carbons (Fsp3) is 0.609. The second-order valence-corrected chi connectivity index (χ2v) is 8.95. The van der Waals surface area contributed by atoms with E-state index in [1.807, 2.05) is 31.2 Å². The predicted octanol–water partition coefficient (Wildman–Crippen LogP) is 1.78. The van der Waals surface area contributed by atoms with Crippen molar-refractivity contribution in [3.63, 3.8) is 0 Å². The van der Waals surface area contributed by atoms with Gasteiger partial charge in [0.1, 0.15) is 18.0 Å². The lowest BCUT2D eigenvalue weighted by Gasteiger charge is -2.54. The summed E-state index contributed by atoms with van der Waals surface area (Å²) in [5, 5.41) is 11.1. The molecular weight excluding hydrogens is 466 g/mol. The second-order valence-electron chi connectivity index (χ2n) is 8.95. The van der Waals surface area contributed by atoms with E-state index in [-0.39, 0.29) is 30.9 Å². The molecule has 2 aliphatic rings. The molecule has 1 aromatic carbocycles. The van der Waals surface area contributed by atoms with Gasteiger partial charge in [0.05, 0.1) is 33.8 Å². The molecule has 0 spiro atoms. The van der Waals surface area contributed by atoms with Crippen molar-refractivity contribution in [2.24, 2.45) is 5.22 Å². The Morgan fingerprint density at radius 1 is 1.31 bits per heavy atom. The molecule has 2 heterocycles. The van der Waals surface area contributed by atoms with Gasteiger partial charge in [-0.25, -0.2) is 14.8 Å². The van der Waals surface area contributed by atoms with Gasteiger partial charge >= 0.3 is 6.03 Å². The van der Waals surface area contributed by atoms with Gasteiger partial charge in [0, 0.05) is 26.6 Å². The fourth-order valence-corrected chi connectivity index (χ4v) is 4.66. The number of amides is 4. The van der Waals surface area contributed by atoms with Crippen molar-refractivity contribution in [3.05, 3.63) is 40.3 Å². The molecule has 2 fully saturated rings. The first kappa shape index (κ1) is 26.9. The van der Waals surface area contributed by atoms with E-state index in [4.69, 9.17) is 10.3 Å². The smallest absolute Gasteiger partial charge is 0.334 e. The van der Waals surface area contributed by atoms with Crippen LogP contribution in [-0.4, -0.2) is 102 Å². The lowest BCUT2D eigenvalue weighted by molar-refractivity contribution is -0.187. The first-order valence-corrected chi connectivity index (χ1v) is 12.1. The van der Waals surface area contributed by atoms with Gasteiger partial charge in [0.2, 0.25) is 11.8 Å². The zero-order chi connectivity index (χ0) is 26.2. The van der Waals surface area contributed by atoms with Crippen LogP contribution in [0.25, 0.3) is 10.4 Å². The summed E-state index contributed by atoms with van der Waals surface area (Å²) >= 11 is 0. The Labute approximate surface area is 211 Å². The van der Waals surface area contributed by atoms with E-state index in [1.165, 1.54) is 5.01 Å². The molecular formula is C23H35N9O4. The molecule has 3 rings (SSSR count). The number of carbonyl (C=O) groups excluding carboxylic acids is 3. The van der Waals surface area contributed by atoms with Crippen LogP contribution >= 0.6 is 0 Å². The first-order valence-electron chi connectivity index (χ1n) is 12.1. The van der Waals surface area contributed by atoms with E-state index in [2.05, 4.69) is 15.5 Å². The van der Waals surface area contributed by atoms with Crippen LogP contribution in [-0.2, 0) is 16.1 Å². The molecule has 13 nitrogen and oxygen atoms in total. The Kier molecular flexibility index (Phi) is 9.20. The molecule has 0 aromatic heterocycles. The van der Waals surface area contributed by atoms with Gasteiger partial charge in [0.25, 0.3) is 0 Å². The molecule has 2 atom stereocenters. The number of likely N-dealkylation sites (N-methyl/N-ethyl adjacent to an activating group) is 1. The van der Waals surface area contributed by atoms with Gasteiger partial charge in [0.15, 0.2) is 0 Å². The Morgan fingerprint density at radius 3 is 2.67 bits per heavy atom. The Balaban J connectivity index is 1.77. The van der Waals surface area contributed by atoms with E-state index in [0.29, 0.717) is 32.5 Å². The van der Waals surface area contributed by atoms with Gasteiger partial charge in [-0.3, -0.25) is 14.6 Å². The van der Waals surface area contributed by atoms with Gasteiger partial charge in [-0.2, -0.15) is 4.91 Å². The summed E-state index contributed by atoms with van der Waals surface area (Å²) in [4.78, 5) is 45.8. The molecule has 2 saturated heterocycles. The van der Waals surface area contributed by atoms with Gasteiger partial charge in [-0.05, 0) is 29.3 Å². The summed E-state index contributed by atoms with van der Waals surface area (Å²) in [5.74, 6) is 0.446. The minimum absolute atomic E-state index is 0.0108. The number of methoxy groups -OCH3 is 1. The summed E-state index contributed by atoms with van der Waals surface area (Å²) in [6, 6.07) is 6.44. The molecule has 1 N–H and O–H groups in total. The number of hydrogen-bond acceptors (Lipinski definition) is 6. The number of urea groups is 1. The number of ether oxygens (including phenoxy) is 1. The van der Waals surface area contributed by atoms with Gasteiger partial charge in [-0.15, -0.1) is 5.53 Å². The summed E-state index contributed by atoms with van der Waals surface area (Å²) in [6.07, 6.45) is 1.21. The highest BCUT2D eigenvalue weighted by Gasteiger charge is 2.50. The van der Waals surface area contributed by atoms with E-state index in [9.17, 15) is 14.4 Å². The zero-order valence-corrected chi connectivity index (χ0v) is 21.3. The topological polar surface area (TPSA) is 137 Å². The van der Waals surface area contributed by atoms with Crippen LogP contribution in [0, 0.1) is 0 Å². The molecule has 0 aliphatic carbocycles. The summed E-state index contributed by atoms with van der Waals surface area (Å²) in [7, 11) is 4.97. The fourth-order valence-electron chi connectivity index (χ4n) is 4.66. The number of hydrazine groups is 1. The summed E-state index contributed by atoms with van der Waals surface area (Å²) < 4.78 is 5.18. The van der Waals surface area contributed by atoms with E-state index in [0.717, 1.165) is 17.7 Å². The monoisotopic (exact) mass is 501 g/mol. The van der Waals surface area contributed by atoms with Gasteiger partial charge < -0.3 is 19.9 Å². The Bertz CT molecular complexity index is 982. The number of nitrogens with one attached hydrogen (secondary N) is 1. The Hall–Kier alpha value is -3.70. The number of carbonyl (C=O) groups is 3. The highest BCUT2D eigenvalue weighted by atomic mass is 16.5. The van der Waals surface area contributed by atoms with Crippen molar-refractivity contribution in [3.8, 4) is 5.75 Å². The van der Waals surface area contributed by atoms with Crippen LogP contribution in [0.3, 0.4) is 0 Å². The molecule has 0 saturated carbocycles. The van der Waals surface area contributed by atoms with E-state index < -0.39 is 12.2 Å². The maximum atomic E-state index is 13.3. The van der Waals surface area contributed by atoms with Crippen molar-refractivity contribution in [2.45, 2.75) is 44.9 Å². The minimum atomic E-state index is -0.623. The van der Waals surface area contributed by atoms with E-state index in [1.54, 1.807) is 41.0 Å². The van der Waals surface area contributed by atoms with Crippen LogP contribution in [0.2, 0.25) is 0 Å². The van der Waals surface area contributed by atoms with Crippen LogP contribution in [0.15, 0.2) is 29.5 Å². The lowest BCUT2D eigenvalue weighted by atomic mass is 10.0. The maximum absolute atomic E-state index is 13.3. The minimum Gasteiger partial charge on any atom is -0.497 e. The zero-order valence-electron chi connectivity index (χ0n) is 21.3. The summed E-state index contributed by atoms with van der Waals surface area (Å²) in [5.41, 5.74) is 9.49. The van der Waals surface area contributed by atoms with Crippen LogP contribution < -0.4 is 10.1 Å². The van der Waals surface area contributed by atoms with Gasteiger partial charge in [-0.1, -0.05) is 25.5 Å². The highest BCUT2D eigenvalue weighted by Crippen LogP contribution is 2.28. The third-order valence-corrected chi connectivity index (χ3v) is 6.41. The van der Waals surface area contributed by atoms with Crippen LogP contribution in [0.4, 0.5) is 4.79 Å². The number of hydrogen-bond donors (Lipinski definition) is 1. The number of fused-ring (bicyclic) bond motifs is 1. The maximum Gasteiger partial charge on any atom is 0.334 e. The number of rotatable bonds is 10. The molecule has 2 aliphatic heterocycles. The first-order chi connectivity index (χ1) is 17.3. The average Bonchev–Trinajstić information content (AvgIpc) is 2.85. The molecule has 196 valence electrons. The average molecular weight is 502 g/mol. The number of azide groups is 1. The number of piperazine rings is 1. The number of benzene rings is 1. The third kappa shape index (κ3) is 6.10. The molecule has 1 aromatic rings. The lowest BCUT2D eigenvalue weighted by Crippen LogP contribution is -2.76. The van der Waals surface area contributed by atoms with Crippen molar-refractivity contribution < 1.29 is 19.1 Å². The normalized spacial score (nSPS) is 20.1. The summed E-state index contributed by atoms with van der Waals surface area (Å²) in [6.45, 7) is 3.39. The standard InChI is InChI=1S/C23H35N9O4/c1-5-7-19-22(34)30(13-6-12-28(2)27-26-24)15-20-31(19)21(33)16-29(3)32(20)23(35)25-14-17-8-10-18(36-4)11-9-17/h8-11,19-20H,5-7,12-16H2,1-4H3,(H,25,35)/t19-,20?/m0/s1. The number of nitrogens with zero attached hydrogens (tertiary/aromatic N) is 8. The SMILES string of the molecule is CCC[C@H]1C(=O)N(CCCN(C)N=[N+]=[N-])CC2N1C(=O)CN(C)N2C(=O)NCc1ccc(OC)cc1. The molecule has 0 bridgehead atoms. The third-order valence-electron chi connectivity index (χ3n) is 6.41. The molecule has 1 unspecified atom stereocenters. The van der Waals surface area contributed by atoms with Crippen molar-refractivity contribution >= 4 is 17.8 Å². The van der Waals surface area contributed by atoms with Crippen molar-refractivity contribution in [2.75, 3.05) is 47.4 Å². The predicted molar refractivity (Wildman–Crippen MR) is 132 cm³/mol. The largest absolute Gasteiger partial charge is 0.497 e. The molecule has 4 amide bonds. The van der Waals surface area contributed by atoms with E-state index >= 15 is 0 Å². The van der Waals surface area contributed by atoms with Crippen LogP contribution in [0.5, 0.6) is 5.75 Å². The molecule has 36 heavy (non-hydrogen) atoms. The quantitative estimate of drug-likeness (QED) is 0.225. The van der Waals surface area contributed by atoms with Crippen molar-refractivity contribution in [1.29, 1.82) is 0 Å². The highest BCUT2D eigenvalue weighted by molar-refractivity contribution is 5.91. The van der Waals surface area contributed by atoms with Crippen LogP contribution in [0.1, 0.15) is 31.7 Å². The molecule has 13 heteroatoms.